The van der Waals surface area contributed by atoms with Gasteiger partial charge in [-0.15, -0.1) is 0 Å². The molecule has 0 aliphatic carbocycles. The Morgan fingerprint density at radius 2 is 2.18 bits per heavy atom. The van der Waals surface area contributed by atoms with Gasteiger partial charge in [-0.1, -0.05) is 0 Å². The van der Waals surface area contributed by atoms with E-state index in [1.807, 2.05) is 0 Å². The van der Waals surface area contributed by atoms with E-state index in [4.69, 9.17) is 10.4 Å². The maximum Gasteiger partial charge on any atom is 0.335 e. The number of carbonyl (C=O) groups is 1. The molecule has 0 atom stereocenters. The average Bonchev–Trinajstić information content (AvgIpc) is 2.76. The molecule has 0 spiro atoms. The average molecular weight is 226 g/mol. The number of carboxylic acids is 1. The fraction of sp³-hybridized carbons (Fsp3) is 0.0769. The van der Waals surface area contributed by atoms with Crippen molar-refractivity contribution in [3.05, 3.63) is 53.3 Å². The lowest BCUT2D eigenvalue weighted by Crippen LogP contribution is -2.02. The summed E-state index contributed by atoms with van der Waals surface area (Å²) in [4.78, 5) is 10.9. The van der Waals surface area contributed by atoms with Gasteiger partial charge < -0.3 is 9.67 Å². The monoisotopic (exact) mass is 226 g/mol. The first kappa shape index (κ1) is 11.0. The summed E-state index contributed by atoms with van der Waals surface area (Å²) in [6, 6.07) is 10.6. The second-order valence-corrected chi connectivity index (χ2v) is 3.68. The van der Waals surface area contributed by atoms with E-state index in [2.05, 4.69) is 6.07 Å². The minimum Gasteiger partial charge on any atom is -0.478 e. The van der Waals surface area contributed by atoms with Crippen LogP contribution in [0.2, 0.25) is 0 Å². The molecule has 1 aromatic carbocycles. The fourth-order valence-corrected chi connectivity index (χ4v) is 1.73. The van der Waals surface area contributed by atoms with Crippen molar-refractivity contribution in [3.63, 3.8) is 0 Å². The van der Waals surface area contributed by atoms with E-state index < -0.39 is 5.97 Å². The van der Waals surface area contributed by atoms with E-state index in [0.29, 0.717) is 11.3 Å². The van der Waals surface area contributed by atoms with Gasteiger partial charge in [0.05, 0.1) is 5.56 Å². The van der Waals surface area contributed by atoms with Crippen molar-refractivity contribution >= 4 is 5.97 Å². The Kier molecular flexibility index (Phi) is 2.67. The molecule has 0 radical (unpaired) electrons. The van der Waals surface area contributed by atoms with Gasteiger partial charge in [0.2, 0.25) is 0 Å². The number of nitriles is 1. The minimum atomic E-state index is -0.943. The molecule has 0 aliphatic heterocycles. The maximum absolute atomic E-state index is 10.9. The topological polar surface area (TPSA) is 66.0 Å². The van der Waals surface area contributed by atoms with E-state index in [-0.39, 0.29) is 5.56 Å². The molecule has 0 fully saturated rings. The summed E-state index contributed by atoms with van der Waals surface area (Å²) in [5, 5.41) is 17.8. The smallest absolute Gasteiger partial charge is 0.335 e. The molecular weight excluding hydrogens is 216 g/mol. The Hall–Kier alpha value is -2.54. The summed E-state index contributed by atoms with van der Waals surface area (Å²) in [5.74, 6) is -0.943. The normalized spacial score (nSPS) is 9.88. The lowest BCUT2D eigenvalue weighted by molar-refractivity contribution is 0.0696. The molecule has 0 amide bonds. The number of hydrogen-bond donors (Lipinski definition) is 1. The van der Waals surface area contributed by atoms with Crippen molar-refractivity contribution in [2.24, 2.45) is 0 Å². The molecule has 4 heteroatoms. The van der Waals surface area contributed by atoms with E-state index >= 15 is 0 Å². The van der Waals surface area contributed by atoms with Crippen LogP contribution < -0.4 is 0 Å². The molecule has 2 rings (SSSR count). The lowest BCUT2D eigenvalue weighted by atomic mass is 10.1. The Labute approximate surface area is 98.4 Å². The molecule has 2 aromatic rings. The predicted molar refractivity (Wildman–Crippen MR) is 62.2 cm³/mol. The first-order valence-electron chi connectivity index (χ1n) is 5.05. The first-order valence-corrected chi connectivity index (χ1v) is 5.05. The third-order valence-corrected chi connectivity index (χ3v) is 2.58. The highest BCUT2D eigenvalue weighted by atomic mass is 16.4. The number of nitrogens with zero attached hydrogens (tertiary/aromatic N) is 2. The summed E-state index contributed by atoms with van der Waals surface area (Å²) in [7, 11) is 0. The molecule has 1 aromatic heterocycles. The summed E-state index contributed by atoms with van der Waals surface area (Å²) < 4.78 is 1.72. The predicted octanol–water partition coefficient (Wildman–Crippen LogP) is 2.36. The van der Waals surface area contributed by atoms with Crippen LogP contribution in [-0.2, 0) is 0 Å². The molecule has 4 nitrogen and oxygen atoms in total. The van der Waals surface area contributed by atoms with Crippen LogP contribution in [0.25, 0.3) is 5.69 Å². The number of aromatic carboxylic acids is 1. The van der Waals surface area contributed by atoms with Crippen LogP contribution in [0.15, 0.2) is 36.5 Å². The largest absolute Gasteiger partial charge is 0.478 e. The second-order valence-electron chi connectivity index (χ2n) is 3.68. The van der Waals surface area contributed by atoms with E-state index in [1.165, 1.54) is 0 Å². The van der Waals surface area contributed by atoms with E-state index in [1.54, 1.807) is 48.0 Å². The van der Waals surface area contributed by atoms with Crippen molar-refractivity contribution in [3.8, 4) is 11.8 Å². The highest BCUT2D eigenvalue weighted by Crippen LogP contribution is 2.17. The quantitative estimate of drug-likeness (QED) is 0.854. The van der Waals surface area contributed by atoms with Gasteiger partial charge in [0.1, 0.15) is 11.8 Å². The zero-order chi connectivity index (χ0) is 12.4. The summed E-state index contributed by atoms with van der Waals surface area (Å²) in [5.41, 5.74) is 2.26. The van der Waals surface area contributed by atoms with Crippen LogP contribution in [0, 0.1) is 18.3 Å². The third-order valence-electron chi connectivity index (χ3n) is 2.58. The molecule has 0 aliphatic rings. The van der Waals surface area contributed by atoms with Gasteiger partial charge in [0, 0.05) is 11.9 Å². The minimum absolute atomic E-state index is 0.277. The molecule has 0 saturated carbocycles. The van der Waals surface area contributed by atoms with Crippen molar-refractivity contribution in [2.75, 3.05) is 0 Å². The molecule has 1 heterocycles. The molecular formula is C13H10N2O2. The summed E-state index contributed by atoms with van der Waals surface area (Å²) in [6.45, 7) is 1.74. The van der Waals surface area contributed by atoms with Gasteiger partial charge in [-0.25, -0.2) is 4.79 Å². The zero-order valence-electron chi connectivity index (χ0n) is 9.21. The number of aryl methyl sites for hydroxylation is 1. The van der Waals surface area contributed by atoms with Gasteiger partial charge >= 0.3 is 5.97 Å². The van der Waals surface area contributed by atoms with Gasteiger partial charge in [-0.2, -0.15) is 5.26 Å². The van der Waals surface area contributed by atoms with Crippen LogP contribution in [0.5, 0.6) is 0 Å². The SMILES string of the molecule is Cc1cc(-n2cccc2C#N)ccc1C(=O)O. The zero-order valence-corrected chi connectivity index (χ0v) is 9.21. The molecule has 1 N–H and O–H groups in total. The summed E-state index contributed by atoms with van der Waals surface area (Å²) in [6.07, 6.45) is 1.77. The molecule has 0 saturated heterocycles. The Morgan fingerprint density at radius 1 is 1.41 bits per heavy atom. The van der Waals surface area contributed by atoms with Gasteiger partial charge in [-0.05, 0) is 42.8 Å². The van der Waals surface area contributed by atoms with Gasteiger partial charge in [0.25, 0.3) is 0 Å². The maximum atomic E-state index is 10.9. The van der Waals surface area contributed by atoms with Crippen molar-refractivity contribution < 1.29 is 9.90 Å². The fourth-order valence-electron chi connectivity index (χ4n) is 1.73. The van der Waals surface area contributed by atoms with Crippen molar-refractivity contribution in [1.82, 2.24) is 4.57 Å². The van der Waals surface area contributed by atoms with Crippen LogP contribution in [0.4, 0.5) is 0 Å². The third kappa shape index (κ3) is 1.91. The number of carboxylic acid groups (broad SMARTS) is 1. The Morgan fingerprint density at radius 3 is 2.76 bits per heavy atom. The van der Waals surface area contributed by atoms with E-state index in [9.17, 15) is 4.79 Å². The van der Waals surface area contributed by atoms with Gasteiger partial charge in [-0.3, -0.25) is 0 Å². The van der Waals surface area contributed by atoms with Crippen LogP contribution in [0.3, 0.4) is 0 Å². The Balaban J connectivity index is 2.53. The number of aromatic nitrogens is 1. The number of benzene rings is 1. The van der Waals surface area contributed by atoms with Crippen LogP contribution >= 0.6 is 0 Å². The molecule has 0 bridgehead atoms. The van der Waals surface area contributed by atoms with Gasteiger partial charge in [0.15, 0.2) is 0 Å². The highest BCUT2D eigenvalue weighted by molar-refractivity contribution is 5.89. The Bertz CT molecular complexity index is 621. The van der Waals surface area contributed by atoms with E-state index in [0.717, 1.165) is 5.69 Å². The van der Waals surface area contributed by atoms with Crippen LogP contribution in [0.1, 0.15) is 21.6 Å². The summed E-state index contributed by atoms with van der Waals surface area (Å²) >= 11 is 0. The number of hydrogen-bond acceptors (Lipinski definition) is 2. The second kappa shape index (κ2) is 4.14. The number of rotatable bonds is 2. The first-order chi connectivity index (χ1) is 8.13. The standard InChI is InChI=1S/C13H10N2O2/c1-9-7-10(4-5-12(9)13(16)17)15-6-2-3-11(15)8-14/h2-7H,1H3,(H,16,17). The molecule has 0 unspecified atom stereocenters. The van der Waals surface area contributed by atoms with Crippen LogP contribution in [-0.4, -0.2) is 15.6 Å². The highest BCUT2D eigenvalue weighted by Gasteiger charge is 2.09. The van der Waals surface area contributed by atoms with Crippen molar-refractivity contribution in [1.29, 1.82) is 5.26 Å². The van der Waals surface area contributed by atoms with Crippen molar-refractivity contribution in [2.45, 2.75) is 6.92 Å². The molecule has 84 valence electrons. The lowest BCUT2D eigenvalue weighted by Gasteiger charge is -2.07. The molecule has 17 heavy (non-hydrogen) atoms.